The number of hydrogen-bond acceptors (Lipinski definition) is 9. The standard InChI is InChI=1S/C18H34N6O8/c1-8(25)13(23-15(28)10(20)5-3-4-6-19)17(30)22-11(7-12(21)27)16(29)24-14(9(2)26)18(31)32/h8-11,13-14,25-26H,3-7,19-20H2,1-2H3,(H2,21,27)(H,22,30)(H,23,28)(H,24,29)(H,31,32). The number of unbranched alkanes of at least 4 members (excludes halogenated alkanes) is 1. The minimum absolute atomic E-state index is 0.291. The summed E-state index contributed by atoms with van der Waals surface area (Å²) in [5.41, 5.74) is 16.2. The van der Waals surface area contributed by atoms with Crippen LogP contribution in [0.3, 0.4) is 0 Å². The Balaban J connectivity index is 5.35. The van der Waals surface area contributed by atoms with Gasteiger partial charge in [-0.3, -0.25) is 19.2 Å². The predicted octanol–water partition coefficient (Wildman–Crippen LogP) is -4.38. The Labute approximate surface area is 185 Å². The molecular formula is C18H34N6O8. The lowest BCUT2D eigenvalue weighted by Crippen LogP contribution is -2.60. The van der Waals surface area contributed by atoms with Crippen molar-refractivity contribution >= 4 is 29.6 Å². The van der Waals surface area contributed by atoms with Gasteiger partial charge in [-0.05, 0) is 33.2 Å². The van der Waals surface area contributed by atoms with Crippen molar-refractivity contribution in [1.29, 1.82) is 0 Å². The van der Waals surface area contributed by atoms with Crippen LogP contribution in [-0.4, -0.2) is 87.8 Å². The normalized spacial score (nSPS) is 16.6. The predicted molar refractivity (Wildman–Crippen MR) is 111 cm³/mol. The Bertz CT molecular complexity index is 672. The highest BCUT2D eigenvalue weighted by Crippen LogP contribution is 2.03. The first-order chi connectivity index (χ1) is 14.8. The number of nitrogens with two attached hydrogens (primary N) is 3. The molecular weight excluding hydrogens is 428 g/mol. The molecule has 6 atom stereocenters. The number of aliphatic hydroxyl groups is 2. The number of aliphatic hydroxyl groups excluding tert-OH is 2. The summed E-state index contributed by atoms with van der Waals surface area (Å²) < 4.78 is 0. The zero-order chi connectivity index (χ0) is 25.0. The molecule has 0 aliphatic rings. The van der Waals surface area contributed by atoms with Gasteiger partial charge in [0.15, 0.2) is 6.04 Å². The van der Waals surface area contributed by atoms with Crippen molar-refractivity contribution in [2.75, 3.05) is 6.54 Å². The van der Waals surface area contributed by atoms with E-state index in [4.69, 9.17) is 22.3 Å². The van der Waals surface area contributed by atoms with Gasteiger partial charge in [0.1, 0.15) is 12.1 Å². The summed E-state index contributed by atoms with van der Waals surface area (Å²) >= 11 is 0. The fourth-order valence-corrected chi connectivity index (χ4v) is 2.62. The zero-order valence-electron chi connectivity index (χ0n) is 18.1. The highest BCUT2D eigenvalue weighted by molar-refractivity contribution is 5.96. The molecule has 14 heteroatoms. The lowest BCUT2D eigenvalue weighted by Gasteiger charge is -2.26. The van der Waals surface area contributed by atoms with Crippen LogP contribution in [0.5, 0.6) is 0 Å². The molecule has 14 nitrogen and oxygen atoms in total. The Hall–Kier alpha value is -2.81. The van der Waals surface area contributed by atoms with E-state index in [1.807, 2.05) is 5.32 Å². The molecule has 0 aromatic carbocycles. The van der Waals surface area contributed by atoms with E-state index in [9.17, 15) is 34.2 Å². The lowest BCUT2D eigenvalue weighted by molar-refractivity contribution is -0.145. The molecule has 0 aromatic heterocycles. The maximum Gasteiger partial charge on any atom is 0.328 e. The fourth-order valence-electron chi connectivity index (χ4n) is 2.62. The molecule has 0 heterocycles. The monoisotopic (exact) mass is 462 g/mol. The van der Waals surface area contributed by atoms with Crippen LogP contribution in [0.1, 0.15) is 39.5 Å². The van der Waals surface area contributed by atoms with Gasteiger partial charge in [0.2, 0.25) is 23.6 Å². The number of hydrogen-bond donors (Lipinski definition) is 9. The van der Waals surface area contributed by atoms with Gasteiger partial charge >= 0.3 is 5.97 Å². The third kappa shape index (κ3) is 10.5. The van der Waals surface area contributed by atoms with Gasteiger partial charge < -0.3 is 48.5 Å². The zero-order valence-corrected chi connectivity index (χ0v) is 18.1. The quantitative estimate of drug-likeness (QED) is 0.105. The SMILES string of the molecule is CC(O)C(NC(=O)C(CC(N)=O)NC(=O)C(NC(=O)C(N)CCCCN)C(C)O)C(=O)O. The molecule has 0 radical (unpaired) electrons. The van der Waals surface area contributed by atoms with Crippen molar-refractivity contribution in [3.05, 3.63) is 0 Å². The third-order valence-electron chi connectivity index (χ3n) is 4.45. The average molecular weight is 463 g/mol. The van der Waals surface area contributed by atoms with Crippen molar-refractivity contribution in [1.82, 2.24) is 16.0 Å². The molecule has 0 fully saturated rings. The van der Waals surface area contributed by atoms with Gasteiger partial charge in [-0.15, -0.1) is 0 Å². The maximum atomic E-state index is 12.6. The highest BCUT2D eigenvalue weighted by atomic mass is 16.4. The summed E-state index contributed by atoms with van der Waals surface area (Å²) in [6, 6.07) is -5.84. The second-order valence-corrected chi connectivity index (χ2v) is 7.41. The molecule has 6 unspecified atom stereocenters. The highest BCUT2D eigenvalue weighted by Gasteiger charge is 2.34. The summed E-state index contributed by atoms with van der Waals surface area (Å²) in [5, 5.41) is 34.9. The van der Waals surface area contributed by atoms with E-state index in [-0.39, 0.29) is 0 Å². The molecule has 0 saturated heterocycles. The van der Waals surface area contributed by atoms with E-state index in [1.165, 1.54) is 6.92 Å². The Morgan fingerprint density at radius 3 is 1.81 bits per heavy atom. The van der Waals surface area contributed by atoms with Crippen LogP contribution in [0.4, 0.5) is 0 Å². The molecule has 0 spiro atoms. The van der Waals surface area contributed by atoms with E-state index in [1.54, 1.807) is 0 Å². The summed E-state index contributed by atoms with van der Waals surface area (Å²) in [7, 11) is 0. The van der Waals surface area contributed by atoms with Crippen LogP contribution in [0.15, 0.2) is 0 Å². The Morgan fingerprint density at radius 2 is 1.38 bits per heavy atom. The molecule has 0 saturated carbocycles. The average Bonchev–Trinajstić information content (AvgIpc) is 2.67. The number of rotatable bonds is 15. The number of amides is 4. The molecule has 4 amide bonds. The van der Waals surface area contributed by atoms with E-state index in [0.29, 0.717) is 25.8 Å². The number of carbonyl (C=O) groups is 5. The minimum atomic E-state index is -1.71. The Kier molecular flexibility index (Phi) is 13.0. The minimum Gasteiger partial charge on any atom is -0.480 e. The first kappa shape index (κ1) is 29.2. The summed E-state index contributed by atoms with van der Waals surface area (Å²) in [4.78, 5) is 59.8. The number of aliphatic carboxylic acids is 1. The maximum absolute atomic E-state index is 12.6. The van der Waals surface area contributed by atoms with Crippen LogP contribution in [-0.2, 0) is 24.0 Å². The summed E-state index contributed by atoms with van der Waals surface area (Å²) in [6.07, 6.45) is -2.08. The van der Waals surface area contributed by atoms with Gasteiger partial charge in [0, 0.05) is 0 Å². The van der Waals surface area contributed by atoms with Gasteiger partial charge in [0.25, 0.3) is 0 Å². The molecule has 32 heavy (non-hydrogen) atoms. The number of carbonyl (C=O) groups excluding carboxylic acids is 4. The molecule has 12 N–H and O–H groups in total. The number of carboxylic acid groups (broad SMARTS) is 1. The Morgan fingerprint density at radius 1 is 0.844 bits per heavy atom. The summed E-state index contributed by atoms with van der Waals surface area (Å²) in [6.45, 7) is 2.76. The molecule has 0 bridgehead atoms. The second kappa shape index (κ2) is 14.3. The number of carboxylic acids is 1. The van der Waals surface area contributed by atoms with E-state index in [2.05, 4.69) is 10.6 Å². The molecule has 0 rings (SSSR count). The molecule has 0 aliphatic heterocycles. The third-order valence-corrected chi connectivity index (χ3v) is 4.45. The molecule has 184 valence electrons. The van der Waals surface area contributed by atoms with Crippen molar-refractivity contribution in [2.45, 2.75) is 75.9 Å². The van der Waals surface area contributed by atoms with Gasteiger partial charge in [-0.2, -0.15) is 0 Å². The van der Waals surface area contributed by atoms with Gasteiger partial charge in [-0.1, -0.05) is 6.42 Å². The van der Waals surface area contributed by atoms with Gasteiger partial charge in [-0.25, -0.2) is 4.79 Å². The van der Waals surface area contributed by atoms with E-state index < -0.39 is 72.4 Å². The van der Waals surface area contributed by atoms with Crippen LogP contribution in [0.25, 0.3) is 0 Å². The first-order valence-electron chi connectivity index (χ1n) is 10.1. The van der Waals surface area contributed by atoms with Crippen molar-refractivity contribution in [3.63, 3.8) is 0 Å². The van der Waals surface area contributed by atoms with Crippen LogP contribution in [0, 0.1) is 0 Å². The summed E-state index contributed by atoms with van der Waals surface area (Å²) in [5.74, 6) is -5.41. The van der Waals surface area contributed by atoms with Crippen molar-refractivity contribution in [2.24, 2.45) is 17.2 Å². The van der Waals surface area contributed by atoms with Gasteiger partial charge in [0.05, 0.1) is 24.7 Å². The van der Waals surface area contributed by atoms with E-state index >= 15 is 0 Å². The molecule has 0 aromatic rings. The van der Waals surface area contributed by atoms with E-state index in [0.717, 1.165) is 6.92 Å². The molecule has 0 aliphatic carbocycles. The van der Waals surface area contributed by atoms with Crippen molar-refractivity contribution < 1.29 is 39.3 Å². The van der Waals surface area contributed by atoms with Crippen LogP contribution < -0.4 is 33.2 Å². The topological polar surface area (TPSA) is 260 Å². The fraction of sp³-hybridized carbons (Fsp3) is 0.722. The lowest BCUT2D eigenvalue weighted by atomic mass is 10.1. The number of nitrogens with one attached hydrogen (secondary N) is 3. The van der Waals surface area contributed by atoms with Crippen molar-refractivity contribution in [3.8, 4) is 0 Å². The smallest absolute Gasteiger partial charge is 0.328 e. The first-order valence-corrected chi connectivity index (χ1v) is 10.1. The van der Waals surface area contributed by atoms with Crippen LogP contribution in [0.2, 0.25) is 0 Å². The van der Waals surface area contributed by atoms with Crippen LogP contribution >= 0.6 is 0 Å². The number of primary amides is 1. The largest absolute Gasteiger partial charge is 0.480 e. The second-order valence-electron chi connectivity index (χ2n) is 7.41.